The molecule has 0 spiro atoms. The summed E-state index contributed by atoms with van der Waals surface area (Å²) in [5.41, 5.74) is 20.4. The Bertz CT molecular complexity index is 2660. The molecule has 3 aliphatic heterocycles. The summed E-state index contributed by atoms with van der Waals surface area (Å²) in [6.07, 6.45) is 0.862. The van der Waals surface area contributed by atoms with Crippen LogP contribution in [0.3, 0.4) is 0 Å². The van der Waals surface area contributed by atoms with Gasteiger partial charge in [-0.2, -0.15) is 0 Å². The van der Waals surface area contributed by atoms with Crippen LogP contribution in [0.4, 0.5) is 34.3 Å². The summed E-state index contributed by atoms with van der Waals surface area (Å²) in [4.78, 5) is 5.01. The van der Waals surface area contributed by atoms with Crippen molar-refractivity contribution in [1.82, 2.24) is 0 Å². The lowest BCUT2D eigenvalue weighted by atomic mass is 9.33. The van der Waals surface area contributed by atoms with E-state index in [1.165, 1.54) is 77.9 Å². The molecule has 0 saturated heterocycles. The molecular formula is C52H59BN2O3. The van der Waals surface area contributed by atoms with Gasteiger partial charge in [-0.05, 0) is 137 Å². The number of nitrogens with zero attached hydrogens (tertiary/aromatic N) is 2. The van der Waals surface area contributed by atoms with Crippen molar-refractivity contribution in [3.63, 3.8) is 0 Å². The fraction of sp³-hybridized carbons (Fsp3) is 0.385. The second-order valence-electron chi connectivity index (χ2n) is 20.4. The highest BCUT2D eigenvalue weighted by molar-refractivity contribution is 7.01. The fourth-order valence-electron chi connectivity index (χ4n) is 9.76. The van der Waals surface area contributed by atoms with Crippen LogP contribution in [0.1, 0.15) is 113 Å². The predicted molar refractivity (Wildman–Crippen MR) is 246 cm³/mol. The molecule has 6 heteroatoms. The maximum Gasteiger partial charge on any atom is 0.257 e. The third kappa shape index (κ3) is 5.87. The van der Waals surface area contributed by atoms with Crippen molar-refractivity contribution in [3.05, 3.63) is 111 Å². The molecule has 9 rings (SSSR count). The Hall–Kier alpha value is -5.10. The zero-order valence-electron chi connectivity index (χ0n) is 37.2. The number of furan rings is 1. The number of aryl methyl sites for hydroxylation is 4. The molecule has 4 heterocycles. The number of anilines is 6. The van der Waals surface area contributed by atoms with Crippen molar-refractivity contribution < 1.29 is 13.9 Å². The van der Waals surface area contributed by atoms with Gasteiger partial charge < -0.3 is 18.8 Å². The van der Waals surface area contributed by atoms with Gasteiger partial charge in [0.15, 0.2) is 11.5 Å². The highest BCUT2D eigenvalue weighted by Crippen LogP contribution is 2.51. The van der Waals surface area contributed by atoms with E-state index in [-0.39, 0.29) is 23.0 Å². The lowest BCUT2D eigenvalue weighted by Crippen LogP contribution is -2.61. The lowest BCUT2D eigenvalue weighted by Gasteiger charge is -2.44. The molecule has 0 N–H and O–H groups in total. The fourth-order valence-corrected chi connectivity index (χ4v) is 9.76. The van der Waals surface area contributed by atoms with Crippen molar-refractivity contribution >= 4 is 68.4 Å². The topological polar surface area (TPSA) is 38.1 Å². The average molecular weight is 771 g/mol. The van der Waals surface area contributed by atoms with E-state index in [0.29, 0.717) is 13.2 Å². The Balaban J connectivity index is 1.44. The summed E-state index contributed by atoms with van der Waals surface area (Å²) in [7, 11) is 0. The van der Waals surface area contributed by atoms with Crippen molar-refractivity contribution in [2.24, 2.45) is 0 Å². The third-order valence-corrected chi connectivity index (χ3v) is 12.8. The molecule has 0 saturated carbocycles. The maximum atomic E-state index is 7.24. The molecule has 1 aromatic heterocycles. The first-order chi connectivity index (χ1) is 27.2. The van der Waals surface area contributed by atoms with E-state index in [0.717, 1.165) is 46.2 Å². The van der Waals surface area contributed by atoms with E-state index in [2.05, 4.69) is 173 Å². The quantitative estimate of drug-likeness (QED) is 0.164. The Morgan fingerprint density at radius 2 is 1.14 bits per heavy atom. The molecule has 0 atom stereocenters. The van der Waals surface area contributed by atoms with Gasteiger partial charge in [-0.1, -0.05) is 92.6 Å². The first-order valence-electron chi connectivity index (χ1n) is 21.2. The molecular weight excluding hydrogens is 711 g/mol. The van der Waals surface area contributed by atoms with Crippen LogP contribution in [0.2, 0.25) is 0 Å². The number of hydrogen-bond acceptors (Lipinski definition) is 5. The zero-order valence-corrected chi connectivity index (χ0v) is 37.2. The number of ether oxygens (including phenoxy) is 2. The molecule has 5 nitrogen and oxygen atoms in total. The van der Waals surface area contributed by atoms with Gasteiger partial charge in [0.25, 0.3) is 6.71 Å². The van der Waals surface area contributed by atoms with Gasteiger partial charge >= 0.3 is 0 Å². The lowest BCUT2D eigenvalue weighted by molar-refractivity contribution is 0.296. The summed E-state index contributed by atoms with van der Waals surface area (Å²) < 4.78 is 20.0. The van der Waals surface area contributed by atoms with Crippen LogP contribution in [-0.2, 0) is 16.2 Å². The minimum Gasteiger partial charge on any atom is -0.490 e. The zero-order chi connectivity index (χ0) is 41.4. The van der Waals surface area contributed by atoms with Crippen molar-refractivity contribution in [3.8, 4) is 11.5 Å². The second-order valence-corrected chi connectivity index (χ2v) is 20.4. The SMILES string of the molecule is Cc1cc2c3c(c1)N(c1c(C)cc(C(C)(C)C)cc1C)c1oc4ccc(C(C)(C)C)cc4c1B3c1cc(C(C)(C)C)ccc1N2c1c(C)cc2c(c1C)OCCCO2. The Labute approximate surface area is 346 Å². The van der Waals surface area contributed by atoms with Crippen LogP contribution in [0.5, 0.6) is 11.5 Å². The number of benzene rings is 5. The van der Waals surface area contributed by atoms with Gasteiger partial charge in [0, 0.05) is 39.9 Å². The summed E-state index contributed by atoms with van der Waals surface area (Å²) >= 11 is 0. The van der Waals surface area contributed by atoms with Gasteiger partial charge in [0.05, 0.1) is 24.6 Å². The van der Waals surface area contributed by atoms with E-state index in [1.807, 2.05) is 0 Å². The Kier molecular flexibility index (Phi) is 8.58. The van der Waals surface area contributed by atoms with Gasteiger partial charge in [-0.3, -0.25) is 4.90 Å². The first-order valence-corrected chi connectivity index (χ1v) is 21.2. The monoisotopic (exact) mass is 770 g/mol. The largest absolute Gasteiger partial charge is 0.490 e. The molecule has 0 amide bonds. The molecule has 58 heavy (non-hydrogen) atoms. The van der Waals surface area contributed by atoms with E-state index < -0.39 is 0 Å². The number of hydrogen-bond donors (Lipinski definition) is 0. The summed E-state index contributed by atoms with van der Waals surface area (Å²) in [5.74, 6) is 2.59. The van der Waals surface area contributed by atoms with E-state index in [4.69, 9.17) is 13.9 Å². The minimum absolute atomic E-state index is 0.0186. The molecule has 298 valence electrons. The van der Waals surface area contributed by atoms with Crippen LogP contribution in [-0.4, -0.2) is 19.9 Å². The van der Waals surface area contributed by atoms with Gasteiger partial charge in [-0.25, -0.2) is 0 Å². The van der Waals surface area contributed by atoms with Gasteiger partial charge in [0.1, 0.15) is 5.58 Å². The molecule has 6 aromatic rings. The maximum absolute atomic E-state index is 7.24. The van der Waals surface area contributed by atoms with Crippen LogP contribution < -0.4 is 35.7 Å². The van der Waals surface area contributed by atoms with Crippen molar-refractivity contribution in [2.45, 2.75) is 120 Å². The highest BCUT2D eigenvalue weighted by Gasteiger charge is 2.48. The average Bonchev–Trinajstić information content (AvgIpc) is 3.34. The van der Waals surface area contributed by atoms with Crippen LogP contribution >= 0.6 is 0 Å². The summed E-state index contributed by atoms with van der Waals surface area (Å²) in [6, 6.07) is 25.8. The standard InChI is InChI=1S/C52H59BN2O3/c1-29-22-40-45-41(23-29)55(46-30(2)24-36(25-31(46)3)52(12,13)14)49-44(37-27-34(50(6,7)8)17-19-42(37)58-49)53(45)38-28-35(51(9,10)11)16-18-39(38)54(40)47-32(4)26-43-48(33(47)5)57-21-15-20-56-43/h16-19,22-28H,15,20-21H2,1-14H3. The third-order valence-electron chi connectivity index (χ3n) is 12.8. The molecule has 0 radical (unpaired) electrons. The van der Waals surface area contributed by atoms with E-state index in [1.54, 1.807) is 0 Å². The predicted octanol–water partition coefficient (Wildman–Crippen LogP) is 12.1. The molecule has 0 fully saturated rings. The Morgan fingerprint density at radius 3 is 1.79 bits per heavy atom. The van der Waals surface area contributed by atoms with E-state index in [9.17, 15) is 0 Å². The molecule has 0 bridgehead atoms. The van der Waals surface area contributed by atoms with Crippen molar-refractivity contribution in [1.29, 1.82) is 0 Å². The highest BCUT2D eigenvalue weighted by atomic mass is 16.5. The molecule has 5 aromatic carbocycles. The summed E-state index contributed by atoms with van der Waals surface area (Å²) in [6.45, 7) is 33.2. The molecule has 0 aliphatic carbocycles. The number of rotatable bonds is 2. The number of fused-ring (bicyclic) bond motifs is 7. The summed E-state index contributed by atoms with van der Waals surface area (Å²) in [5, 5.41) is 1.18. The first kappa shape index (κ1) is 38.4. The normalized spacial score (nSPS) is 15.0. The van der Waals surface area contributed by atoms with Gasteiger partial charge in [-0.15, -0.1) is 0 Å². The van der Waals surface area contributed by atoms with Crippen LogP contribution in [0, 0.1) is 34.6 Å². The molecule has 3 aliphatic rings. The van der Waals surface area contributed by atoms with Gasteiger partial charge in [0.2, 0.25) is 5.88 Å². The van der Waals surface area contributed by atoms with Crippen LogP contribution in [0.25, 0.3) is 11.0 Å². The smallest absolute Gasteiger partial charge is 0.257 e. The Morgan fingerprint density at radius 1 is 0.552 bits per heavy atom. The van der Waals surface area contributed by atoms with Crippen molar-refractivity contribution in [2.75, 3.05) is 23.0 Å². The van der Waals surface area contributed by atoms with E-state index >= 15 is 0 Å². The molecule has 0 unspecified atom stereocenters. The minimum atomic E-state index is -0.0719. The second kappa shape index (κ2) is 13.0. The van der Waals surface area contributed by atoms with Crippen LogP contribution in [0.15, 0.2) is 71.1 Å².